The number of rotatable bonds is 6. The highest BCUT2D eigenvalue weighted by molar-refractivity contribution is 6.01. The molecule has 0 saturated carbocycles. The lowest BCUT2D eigenvalue weighted by atomic mass is 9.95. The quantitative estimate of drug-likeness (QED) is 0.460. The molecule has 0 heterocycles. The van der Waals surface area contributed by atoms with Crippen LogP contribution in [-0.2, 0) is 25.5 Å². The zero-order valence-corrected chi connectivity index (χ0v) is 14.3. The molecule has 0 aliphatic carbocycles. The van der Waals surface area contributed by atoms with Gasteiger partial charge in [-0.25, -0.2) is 9.59 Å². The van der Waals surface area contributed by atoms with Gasteiger partial charge in [-0.3, -0.25) is 0 Å². The maximum absolute atomic E-state index is 12.2. The molecule has 0 bridgehead atoms. The molecule has 2 aromatic carbocycles. The molecule has 0 radical (unpaired) electrons. The van der Waals surface area contributed by atoms with E-state index in [1.165, 1.54) is 20.3 Å². The minimum absolute atomic E-state index is 0.182. The molecule has 0 atom stereocenters. The van der Waals surface area contributed by atoms with Gasteiger partial charge in [0.2, 0.25) is 0 Å². The standard InChI is InChI=1S/C21H20O4/c1-24-20(22)15-19(21(23)25-2)18(13-16-9-5-3-6-10-16)14-17-11-7-4-8-12-17/h3-13,15H,14H2,1-2H3. The SMILES string of the molecule is COC(=O)C=C(C(=O)OC)C(=Cc1ccccc1)Cc1ccccc1. The summed E-state index contributed by atoms with van der Waals surface area (Å²) in [5.74, 6) is -1.18. The molecule has 0 amide bonds. The minimum atomic E-state index is -0.604. The number of carbonyl (C=O) groups is 2. The lowest BCUT2D eigenvalue weighted by Gasteiger charge is -2.11. The summed E-state index contributed by atoms with van der Waals surface area (Å²) in [6.07, 6.45) is 3.52. The molecule has 25 heavy (non-hydrogen) atoms. The summed E-state index contributed by atoms with van der Waals surface area (Å²) in [5.41, 5.74) is 2.80. The van der Waals surface area contributed by atoms with Crippen molar-refractivity contribution in [2.45, 2.75) is 6.42 Å². The van der Waals surface area contributed by atoms with Crippen LogP contribution in [0.4, 0.5) is 0 Å². The summed E-state index contributed by atoms with van der Waals surface area (Å²) < 4.78 is 9.53. The first kappa shape index (κ1) is 18.2. The molecular weight excluding hydrogens is 316 g/mol. The Hall–Kier alpha value is -3.14. The number of methoxy groups -OCH3 is 2. The second-order valence-corrected chi connectivity index (χ2v) is 5.32. The van der Waals surface area contributed by atoms with E-state index in [9.17, 15) is 9.59 Å². The first-order chi connectivity index (χ1) is 12.1. The van der Waals surface area contributed by atoms with Crippen LogP contribution >= 0.6 is 0 Å². The molecule has 0 unspecified atom stereocenters. The molecule has 0 fully saturated rings. The summed E-state index contributed by atoms with van der Waals surface area (Å²) >= 11 is 0. The lowest BCUT2D eigenvalue weighted by molar-refractivity contribution is -0.138. The highest BCUT2D eigenvalue weighted by atomic mass is 16.5. The van der Waals surface area contributed by atoms with Crippen molar-refractivity contribution < 1.29 is 19.1 Å². The number of hydrogen-bond acceptors (Lipinski definition) is 4. The molecule has 4 nitrogen and oxygen atoms in total. The van der Waals surface area contributed by atoms with Gasteiger partial charge in [-0.1, -0.05) is 66.7 Å². The third-order valence-electron chi connectivity index (χ3n) is 3.59. The van der Waals surface area contributed by atoms with E-state index in [0.29, 0.717) is 12.0 Å². The Morgan fingerprint density at radius 2 is 1.48 bits per heavy atom. The van der Waals surface area contributed by atoms with E-state index >= 15 is 0 Å². The maximum atomic E-state index is 12.2. The van der Waals surface area contributed by atoms with E-state index in [0.717, 1.165) is 11.1 Å². The molecule has 128 valence electrons. The van der Waals surface area contributed by atoms with Gasteiger partial charge in [0, 0.05) is 6.08 Å². The molecule has 0 aliphatic heterocycles. The van der Waals surface area contributed by atoms with Gasteiger partial charge in [0.05, 0.1) is 19.8 Å². The van der Waals surface area contributed by atoms with E-state index in [1.54, 1.807) is 0 Å². The topological polar surface area (TPSA) is 52.6 Å². The molecule has 0 N–H and O–H groups in total. The van der Waals surface area contributed by atoms with E-state index in [4.69, 9.17) is 4.74 Å². The fraction of sp³-hybridized carbons (Fsp3) is 0.143. The van der Waals surface area contributed by atoms with Crippen molar-refractivity contribution in [1.82, 2.24) is 0 Å². The molecular formula is C21H20O4. The van der Waals surface area contributed by atoms with Crippen LogP contribution in [0.25, 0.3) is 6.08 Å². The van der Waals surface area contributed by atoms with Gasteiger partial charge in [-0.15, -0.1) is 0 Å². The van der Waals surface area contributed by atoms with E-state index in [2.05, 4.69) is 4.74 Å². The first-order valence-corrected chi connectivity index (χ1v) is 7.82. The number of esters is 2. The summed E-state index contributed by atoms with van der Waals surface area (Å²) in [4.78, 5) is 24.0. The third kappa shape index (κ3) is 5.46. The fourth-order valence-corrected chi connectivity index (χ4v) is 2.36. The highest BCUT2D eigenvalue weighted by Crippen LogP contribution is 2.21. The highest BCUT2D eigenvalue weighted by Gasteiger charge is 2.18. The van der Waals surface area contributed by atoms with Crippen LogP contribution in [0.2, 0.25) is 0 Å². The van der Waals surface area contributed by atoms with Crippen molar-refractivity contribution in [2.75, 3.05) is 14.2 Å². The molecule has 2 aromatic rings. The fourth-order valence-electron chi connectivity index (χ4n) is 2.36. The van der Waals surface area contributed by atoms with E-state index < -0.39 is 11.9 Å². The number of benzene rings is 2. The van der Waals surface area contributed by atoms with Gasteiger partial charge < -0.3 is 9.47 Å². The molecule has 4 heteroatoms. The van der Waals surface area contributed by atoms with E-state index in [1.807, 2.05) is 66.7 Å². The lowest BCUT2D eigenvalue weighted by Crippen LogP contribution is -2.12. The molecule has 0 spiro atoms. The summed E-state index contributed by atoms with van der Waals surface area (Å²) in [6, 6.07) is 19.3. The second kappa shape index (κ2) is 9.23. The average molecular weight is 336 g/mol. The van der Waals surface area contributed by atoms with E-state index in [-0.39, 0.29) is 5.57 Å². The van der Waals surface area contributed by atoms with Gasteiger partial charge in [-0.2, -0.15) is 0 Å². The smallest absolute Gasteiger partial charge is 0.338 e. The summed E-state index contributed by atoms with van der Waals surface area (Å²) in [5, 5.41) is 0. The van der Waals surface area contributed by atoms with Crippen LogP contribution in [-0.4, -0.2) is 26.2 Å². The van der Waals surface area contributed by atoms with Crippen molar-refractivity contribution in [3.8, 4) is 0 Å². The van der Waals surface area contributed by atoms with Crippen LogP contribution in [0.15, 0.2) is 77.9 Å². The molecule has 2 rings (SSSR count). The van der Waals surface area contributed by atoms with Crippen molar-refractivity contribution in [3.05, 3.63) is 89.0 Å². The molecule has 0 aromatic heterocycles. The average Bonchev–Trinajstić information content (AvgIpc) is 2.66. The third-order valence-corrected chi connectivity index (χ3v) is 3.59. The van der Waals surface area contributed by atoms with Gasteiger partial charge in [0.1, 0.15) is 0 Å². The largest absolute Gasteiger partial charge is 0.466 e. The zero-order chi connectivity index (χ0) is 18.1. The Bertz CT molecular complexity index is 774. The summed E-state index contributed by atoms with van der Waals surface area (Å²) in [7, 11) is 2.56. The normalized spacial score (nSPS) is 11.8. The minimum Gasteiger partial charge on any atom is -0.466 e. The van der Waals surface area contributed by atoms with Gasteiger partial charge >= 0.3 is 11.9 Å². The monoisotopic (exact) mass is 336 g/mol. The van der Waals surface area contributed by atoms with Crippen molar-refractivity contribution >= 4 is 18.0 Å². The van der Waals surface area contributed by atoms with Crippen LogP contribution in [0.3, 0.4) is 0 Å². The predicted molar refractivity (Wildman–Crippen MR) is 96.7 cm³/mol. The molecule has 0 aliphatic rings. The van der Waals surface area contributed by atoms with Gasteiger partial charge in [-0.05, 0) is 23.1 Å². The summed E-state index contributed by atoms with van der Waals surface area (Å²) in [6.45, 7) is 0. The number of carbonyl (C=O) groups excluding carboxylic acids is 2. The zero-order valence-electron chi connectivity index (χ0n) is 14.3. The Morgan fingerprint density at radius 3 is 2.04 bits per heavy atom. The van der Waals surface area contributed by atoms with Crippen molar-refractivity contribution in [3.63, 3.8) is 0 Å². The number of ether oxygens (including phenoxy) is 2. The Balaban J connectivity index is 2.51. The first-order valence-electron chi connectivity index (χ1n) is 7.82. The maximum Gasteiger partial charge on any atom is 0.338 e. The van der Waals surface area contributed by atoms with Crippen LogP contribution in [0.5, 0.6) is 0 Å². The van der Waals surface area contributed by atoms with Gasteiger partial charge in [0.25, 0.3) is 0 Å². The molecule has 0 saturated heterocycles. The van der Waals surface area contributed by atoms with Crippen LogP contribution in [0, 0.1) is 0 Å². The van der Waals surface area contributed by atoms with Crippen LogP contribution < -0.4 is 0 Å². The Morgan fingerprint density at radius 1 is 0.880 bits per heavy atom. The van der Waals surface area contributed by atoms with Crippen molar-refractivity contribution in [2.24, 2.45) is 0 Å². The van der Waals surface area contributed by atoms with Gasteiger partial charge in [0.15, 0.2) is 0 Å². The second-order valence-electron chi connectivity index (χ2n) is 5.32. The predicted octanol–water partition coefficient (Wildman–Crippen LogP) is 3.59. The Labute approximate surface area is 147 Å². The van der Waals surface area contributed by atoms with Crippen LogP contribution in [0.1, 0.15) is 11.1 Å². The Kier molecular flexibility index (Phi) is 6.72. The van der Waals surface area contributed by atoms with Crippen molar-refractivity contribution in [1.29, 1.82) is 0 Å². The number of hydrogen-bond donors (Lipinski definition) is 0.